The van der Waals surface area contributed by atoms with Gasteiger partial charge < -0.3 is 9.47 Å². The number of rotatable bonds is 6. The molecule has 5 nitrogen and oxygen atoms in total. The van der Waals surface area contributed by atoms with Gasteiger partial charge in [-0.05, 0) is 54.7 Å². The van der Waals surface area contributed by atoms with Crippen LogP contribution in [-0.2, 0) is 24.2 Å². The van der Waals surface area contributed by atoms with Crippen LogP contribution in [0.2, 0.25) is 0 Å². The molecule has 0 saturated carbocycles. The second-order valence-corrected chi connectivity index (χ2v) is 6.76. The predicted octanol–water partition coefficient (Wildman–Crippen LogP) is 5.42. The number of hydrogen-bond acceptors (Lipinski definition) is 4. The largest absolute Gasteiger partial charge is 0.488 e. The molecule has 1 N–H and O–H groups in total. The van der Waals surface area contributed by atoms with Crippen molar-refractivity contribution in [2.75, 3.05) is 12.2 Å². The number of nitrogens with zero attached hydrogens (tertiary/aromatic N) is 1. The molecule has 2 rings (SSSR count). The third-order valence-electron chi connectivity index (χ3n) is 4.32. The van der Waals surface area contributed by atoms with Crippen LogP contribution in [-0.4, -0.2) is 18.4 Å². The summed E-state index contributed by atoms with van der Waals surface area (Å²) in [6.07, 6.45) is 0.980. The minimum atomic E-state index is -0.859. The summed E-state index contributed by atoms with van der Waals surface area (Å²) in [4.78, 5) is 11.7. The molecule has 6 heteroatoms. The van der Waals surface area contributed by atoms with Crippen LogP contribution in [0.25, 0.3) is 0 Å². The summed E-state index contributed by atoms with van der Waals surface area (Å²) in [5.41, 5.74) is 4.59. The van der Waals surface area contributed by atoms with Gasteiger partial charge in [0.05, 0.1) is 12.8 Å². The average Bonchev–Trinajstić information content (AvgIpc) is 2.65. The van der Waals surface area contributed by atoms with Crippen LogP contribution in [0.1, 0.15) is 36.1 Å². The zero-order chi connectivity index (χ0) is 19.3. The lowest BCUT2D eigenvalue weighted by atomic mass is 10.0. The molecule has 0 aliphatic heterocycles. The SMILES string of the molecule is CCc1cc(CC)c(OCc2c(Br)cccc2N(O)C(=O)OC)cc1C. The Hall–Kier alpha value is -2.05. The maximum atomic E-state index is 11.7. The molecule has 1 amide bonds. The molecule has 2 aromatic carbocycles. The standard InChI is InChI=1S/C20H24BrNO4/c1-5-14-11-15(6-2)19(10-13(14)3)26-12-16-17(21)8-7-9-18(16)22(24)20(23)25-4/h7-11,24H,5-6,12H2,1-4H3. The molecule has 140 valence electrons. The van der Waals surface area contributed by atoms with Crippen LogP contribution in [0.5, 0.6) is 5.75 Å². The van der Waals surface area contributed by atoms with Crippen LogP contribution in [0.4, 0.5) is 10.5 Å². The van der Waals surface area contributed by atoms with E-state index in [1.54, 1.807) is 12.1 Å². The first-order valence-electron chi connectivity index (χ1n) is 8.52. The monoisotopic (exact) mass is 421 g/mol. The Labute approximate surface area is 162 Å². The van der Waals surface area contributed by atoms with E-state index in [0.29, 0.717) is 16.3 Å². The van der Waals surface area contributed by atoms with Crippen molar-refractivity contribution in [1.82, 2.24) is 0 Å². The van der Waals surface area contributed by atoms with Gasteiger partial charge in [0.25, 0.3) is 0 Å². The van der Waals surface area contributed by atoms with Gasteiger partial charge in [0, 0.05) is 10.0 Å². The molecule has 0 bridgehead atoms. The topological polar surface area (TPSA) is 59.0 Å². The smallest absolute Gasteiger partial charge is 0.438 e. The van der Waals surface area contributed by atoms with Crippen molar-refractivity contribution < 1.29 is 19.5 Å². The third-order valence-corrected chi connectivity index (χ3v) is 5.07. The summed E-state index contributed by atoms with van der Waals surface area (Å²) in [5.74, 6) is 0.812. The van der Waals surface area contributed by atoms with Gasteiger partial charge in [0.15, 0.2) is 0 Å². The zero-order valence-corrected chi connectivity index (χ0v) is 17.1. The van der Waals surface area contributed by atoms with Crippen molar-refractivity contribution in [3.05, 3.63) is 57.1 Å². The molecule has 0 radical (unpaired) electrons. The Morgan fingerprint density at radius 1 is 1.19 bits per heavy atom. The molecule has 0 saturated heterocycles. The average molecular weight is 422 g/mol. The van der Waals surface area contributed by atoms with Gasteiger partial charge in [0.1, 0.15) is 12.4 Å². The van der Waals surface area contributed by atoms with E-state index in [0.717, 1.165) is 28.6 Å². The maximum absolute atomic E-state index is 11.7. The molecule has 26 heavy (non-hydrogen) atoms. The fourth-order valence-corrected chi connectivity index (χ4v) is 3.26. The number of benzene rings is 2. The van der Waals surface area contributed by atoms with E-state index < -0.39 is 6.09 Å². The van der Waals surface area contributed by atoms with Crippen molar-refractivity contribution in [3.8, 4) is 5.75 Å². The number of carbonyl (C=O) groups is 1. The molecule has 0 atom stereocenters. The van der Waals surface area contributed by atoms with Crippen molar-refractivity contribution in [2.24, 2.45) is 0 Å². The quantitative estimate of drug-likeness (QED) is 0.499. The number of amides is 1. The van der Waals surface area contributed by atoms with Gasteiger partial charge in [-0.2, -0.15) is 5.06 Å². The third kappa shape index (κ3) is 4.37. The number of methoxy groups -OCH3 is 1. The fourth-order valence-electron chi connectivity index (χ4n) is 2.79. The van der Waals surface area contributed by atoms with E-state index in [9.17, 15) is 10.0 Å². The van der Waals surface area contributed by atoms with E-state index >= 15 is 0 Å². The first-order chi connectivity index (χ1) is 12.4. The molecule has 0 unspecified atom stereocenters. The lowest BCUT2D eigenvalue weighted by Gasteiger charge is -2.20. The van der Waals surface area contributed by atoms with Crippen LogP contribution in [0.3, 0.4) is 0 Å². The summed E-state index contributed by atoms with van der Waals surface area (Å²) in [5, 5.41) is 10.6. The maximum Gasteiger partial charge on any atom is 0.438 e. The van der Waals surface area contributed by atoms with Crippen LogP contribution >= 0.6 is 15.9 Å². The zero-order valence-electron chi connectivity index (χ0n) is 15.5. The number of ether oxygens (including phenoxy) is 2. The Morgan fingerprint density at radius 3 is 2.50 bits per heavy atom. The van der Waals surface area contributed by atoms with Gasteiger partial charge in [-0.25, -0.2) is 4.79 Å². The molecule has 0 aliphatic carbocycles. The molecule has 0 aliphatic rings. The van der Waals surface area contributed by atoms with Gasteiger partial charge >= 0.3 is 6.09 Å². The fraction of sp³-hybridized carbons (Fsp3) is 0.350. The van der Waals surface area contributed by atoms with E-state index in [2.05, 4.69) is 47.5 Å². The highest BCUT2D eigenvalue weighted by atomic mass is 79.9. The highest BCUT2D eigenvalue weighted by Crippen LogP contribution is 2.31. The summed E-state index contributed by atoms with van der Waals surface area (Å²) in [7, 11) is 1.21. The molecule has 0 fully saturated rings. The Morgan fingerprint density at radius 2 is 1.88 bits per heavy atom. The van der Waals surface area contributed by atoms with Gasteiger partial charge in [-0.3, -0.25) is 5.21 Å². The molecule has 0 heterocycles. The van der Waals surface area contributed by atoms with E-state index in [4.69, 9.17) is 4.74 Å². The predicted molar refractivity (Wildman–Crippen MR) is 105 cm³/mol. The van der Waals surface area contributed by atoms with Crippen LogP contribution in [0, 0.1) is 6.92 Å². The minimum absolute atomic E-state index is 0.197. The molecule has 0 aromatic heterocycles. The minimum Gasteiger partial charge on any atom is -0.488 e. The number of carbonyl (C=O) groups excluding carboxylic acids is 1. The Bertz CT molecular complexity index is 792. The van der Waals surface area contributed by atoms with Gasteiger partial charge in [-0.15, -0.1) is 0 Å². The second kappa shape index (κ2) is 9.05. The summed E-state index contributed by atoms with van der Waals surface area (Å²) in [6.45, 7) is 6.50. The second-order valence-electron chi connectivity index (χ2n) is 5.90. The van der Waals surface area contributed by atoms with Crippen molar-refractivity contribution >= 4 is 27.7 Å². The van der Waals surface area contributed by atoms with Crippen molar-refractivity contribution in [2.45, 2.75) is 40.2 Å². The molecule has 0 spiro atoms. The molecule has 2 aromatic rings. The number of hydrogen-bond donors (Lipinski definition) is 1. The van der Waals surface area contributed by atoms with Gasteiger partial charge in [-0.1, -0.05) is 41.9 Å². The van der Waals surface area contributed by atoms with E-state index in [1.165, 1.54) is 18.2 Å². The highest BCUT2D eigenvalue weighted by Gasteiger charge is 2.19. The highest BCUT2D eigenvalue weighted by molar-refractivity contribution is 9.10. The van der Waals surface area contributed by atoms with E-state index in [-0.39, 0.29) is 6.61 Å². The molecular weight excluding hydrogens is 398 g/mol. The normalized spacial score (nSPS) is 10.5. The number of anilines is 1. The lowest BCUT2D eigenvalue weighted by Crippen LogP contribution is -2.28. The summed E-state index contributed by atoms with van der Waals surface area (Å²) in [6, 6.07) is 9.42. The van der Waals surface area contributed by atoms with Crippen molar-refractivity contribution in [3.63, 3.8) is 0 Å². The Kier molecular flexibility index (Phi) is 7.06. The number of halogens is 1. The molecular formula is C20H24BrNO4. The van der Waals surface area contributed by atoms with Crippen molar-refractivity contribution in [1.29, 1.82) is 0 Å². The number of hydroxylamine groups is 1. The van der Waals surface area contributed by atoms with Crippen LogP contribution < -0.4 is 9.80 Å². The van der Waals surface area contributed by atoms with E-state index in [1.807, 2.05) is 12.1 Å². The van der Waals surface area contributed by atoms with Gasteiger partial charge in [0.2, 0.25) is 0 Å². The summed E-state index contributed by atoms with van der Waals surface area (Å²) >= 11 is 3.46. The Balaban J connectivity index is 2.33. The summed E-state index contributed by atoms with van der Waals surface area (Å²) < 4.78 is 11.4. The lowest BCUT2D eigenvalue weighted by molar-refractivity contribution is 0.140. The number of aryl methyl sites for hydroxylation is 3. The first-order valence-corrected chi connectivity index (χ1v) is 9.31. The van der Waals surface area contributed by atoms with Crippen LogP contribution in [0.15, 0.2) is 34.8 Å². The first kappa shape index (κ1) is 20.3.